The van der Waals surface area contributed by atoms with Gasteiger partial charge in [0, 0.05) is 12.7 Å². The van der Waals surface area contributed by atoms with Crippen LogP contribution in [0.4, 0.5) is 0 Å². The van der Waals surface area contributed by atoms with E-state index in [1.165, 1.54) is 7.11 Å². The standard InChI is InChI=1S/C14H17BrO6/c1-20-14-11(18)8(15)10(17)13(21-14)12(19)9(16)7-5-3-2-4-6-7/h2-6,8,10-14,17-19H,1H3/t8-,10+,11+,12?,13-,14-/m0/s1. The number of ketones is 1. The van der Waals surface area contributed by atoms with Crippen LogP contribution in [0.2, 0.25) is 0 Å². The fraction of sp³-hybridized carbons (Fsp3) is 0.500. The predicted molar refractivity (Wildman–Crippen MR) is 77.2 cm³/mol. The fourth-order valence-corrected chi connectivity index (χ4v) is 2.78. The molecule has 1 aromatic carbocycles. The third kappa shape index (κ3) is 3.33. The number of carbonyl (C=O) groups is 1. The summed E-state index contributed by atoms with van der Waals surface area (Å²) in [7, 11) is 1.33. The van der Waals surface area contributed by atoms with Gasteiger partial charge in [-0.3, -0.25) is 4.79 Å². The van der Waals surface area contributed by atoms with Gasteiger partial charge in [-0.2, -0.15) is 0 Å². The molecule has 2 rings (SSSR count). The third-order valence-electron chi connectivity index (χ3n) is 3.43. The van der Waals surface area contributed by atoms with Crippen molar-refractivity contribution in [1.29, 1.82) is 0 Å². The van der Waals surface area contributed by atoms with Gasteiger partial charge >= 0.3 is 0 Å². The molecular weight excluding hydrogens is 344 g/mol. The zero-order chi connectivity index (χ0) is 15.6. The minimum atomic E-state index is -1.56. The molecule has 0 aliphatic carbocycles. The number of benzene rings is 1. The SMILES string of the molecule is CO[C@H]1O[C@H](C(O)C(=O)c2ccccc2)[C@H](O)[C@H](Br)[C@H]1O. The summed E-state index contributed by atoms with van der Waals surface area (Å²) in [6.45, 7) is 0. The average molecular weight is 361 g/mol. The van der Waals surface area contributed by atoms with Crippen molar-refractivity contribution >= 4 is 21.7 Å². The molecule has 7 heteroatoms. The summed E-state index contributed by atoms with van der Waals surface area (Å²) in [4.78, 5) is 11.4. The molecule has 3 N–H and O–H groups in total. The number of aliphatic hydroxyl groups is 3. The van der Waals surface area contributed by atoms with Crippen molar-refractivity contribution in [3.63, 3.8) is 0 Å². The monoisotopic (exact) mass is 360 g/mol. The van der Waals surface area contributed by atoms with E-state index in [4.69, 9.17) is 9.47 Å². The Bertz CT molecular complexity index is 480. The first-order valence-electron chi connectivity index (χ1n) is 6.43. The van der Waals surface area contributed by atoms with Crippen LogP contribution in [-0.2, 0) is 9.47 Å². The molecular formula is C14H17BrO6. The van der Waals surface area contributed by atoms with Crippen molar-refractivity contribution in [2.45, 2.75) is 35.5 Å². The number of carbonyl (C=O) groups excluding carboxylic acids is 1. The first-order valence-corrected chi connectivity index (χ1v) is 7.34. The van der Waals surface area contributed by atoms with Gasteiger partial charge in [-0.15, -0.1) is 0 Å². The van der Waals surface area contributed by atoms with E-state index in [0.29, 0.717) is 5.56 Å². The Labute approximate surface area is 130 Å². The summed E-state index contributed by atoms with van der Waals surface area (Å²) >= 11 is 3.13. The predicted octanol–water partition coefficient (Wildman–Crippen LogP) is 0.0868. The molecule has 1 aliphatic heterocycles. The fourth-order valence-electron chi connectivity index (χ4n) is 2.23. The Balaban J connectivity index is 2.17. The topological polar surface area (TPSA) is 96.2 Å². The van der Waals surface area contributed by atoms with Gasteiger partial charge in [-0.1, -0.05) is 46.3 Å². The van der Waals surface area contributed by atoms with E-state index >= 15 is 0 Å². The minimum absolute atomic E-state index is 0.312. The smallest absolute Gasteiger partial charge is 0.194 e. The van der Waals surface area contributed by atoms with Crippen molar-refractivity contribution in [1.82, 2.24) is 0 Å². The third-order valence-corrected chi connectivity index (χ3v) is 4.51. The zero-order valence-electron chi connectivity index (χ0n) is 11.3. The van der Waals surface area contributed by atoms with Crippen LogP contribution in [0.1, 0.15) is 10.4 Å². The first-order chi connectivity index (χ1) is 9.97. The molecule has 1 heterocycles. The lowest BCUT2D eigenvalue weighted by Crippen LogP contribution is -2.60. The lowest BCUT2D eigenvalue weighted by molar-refractivity contribution is -0.264. The van der Waals surface area contributed by atoms with E-state index in [-0.39, 0.29) is 0 Å². The number of Topliss-reactive ketones (excluding diaryl/α,β-unsaturated/α-hetero) is 1. The number of rotatable bonds is 4. The maximum absolute atomic E-state index is 12.2. The lowest BCUT2D eigenvalue weighted by atomic mass is 9.93. The zero-order valence-corrected chi connectivity index (χ0v) is 12.9. The van der Waals surface area contributed by atoms with Gasteiger partial charge < -0.3 is 24.8 Å². The van der Waals surface area contributed by atoms with Gasteiger partial charge in [0.05, 0.1) is 10.9 Å². The summed E-state index contributed by atoms with van der Waals surface area (Å²) in [5.41, 5.74) is 0.312. The Morgan fingerprint density at radius 2 is 1.90 bits per heavy atom. The molecule has 0 bridgehead atoms. The van der Waals surface area contributed by atoms with E-state index < -0.39 is 41.3 Å². The van der Waals surface area contributed by atoms with Crippen LogP contribution in [0.25, 0.3) is 0 Å². The first kappa shape index (κ1) is 16.5. The molecule has 1 saturated heterocycles. The van der Waals surface area contributed by atoms with E-state index in [0.717, 1.165) is 0 Å². The number of methoxy groups -OCH3 is 1. The second-order valence-electron chi connectivity index (χ2n) is 4.81. The highest BCUT2D eigenvalue weighted by Gasteiger charge is 2.47. The average Bonchev–Trinajstić information content (AvgIpc) is 2.52. The number of ether oxygens (including phenoxy) is 2. The molecule has 0 amide bonds. The molecule has 1 aromatic rings. The molecule has 0 saturated carbocycles. The largest absolute Gasteiger partial charge is 0.389 e. The van der Waals surface area contributed by atoms with Crippen LogP contribution in [0.15, 0.2) is 30.3 Å². The van der Waals surface area contributed by atoms with Gasteiger partial charge in [0.1, 0.15) is 18.3 Å². The van der Waals surface area contributed by atoms with Gasteiger partial charge in [-0.25, -0.2) is 0 Å². The number of aliphatic hydroxyl groups excluding tert-OH is 3. The Morgan fingerprint density at radius 3 is 2.48 bits per heavy atom. The molecule has 0 aromatic heterocycles. The van der Waals surface area contributed by atoms with Gasteiger partial charge in [-0.05, 0) is 0 Å². The molecule has 21 heavy (non-hydrogen) atoms. The number of hydrogen-bond acceptors (Lipinski definition) is 6. The normalized spacial score (nSPS) is 34.4. The van der Waals surface area contributed by atoms with E-state index in [2.05, 4.69) is 15.9 Å². The summed E-state index contributed by atoms with van der Waals surface area (Å²) < 4.78 is 10.3. The van der Waals surface area contributed by atoms with Crippen LogP contribution in [0.3, 0.4) is 0 Å². The number of hydrogen-bond donors (Lipinski definition) is 3. The van der Waals surface area contributed by atoms with Gasteiger partial charge in [0.15, 0.2) is 12.1 Å². The summed E-state index contributed by atoms with van der Waals surface area (Å²) in [6, 6.07) is 8.23. The van der Waals surface area contributed by atoms with Crippen molar-refractivity contribution in [3.05, 3.63) is 35.9 Å². The van der Waals surface area contributed by atoms with Gasteiger partial charge in [0.2, 0.25) is 0 Å². The minimum Gasteiger partial charge on any atom is -0.389 e. The van der Waals surface area contributed by atoms with Crippen molar-refractivity contribution in [2.24, 2.45) is 0 Å². The summed E-state index contributed by atoms with van der Waals surface area (Å²) in [5.74, 6) is -0.564. The van der Waals surface area contributed by atoms with Gasteiger partial charge in [0.25, 0.3) is 0 Å². The molecule has 116 valence electrons. The number of halogens is 1. The van der Waals surface area contributed by atoms with Crippen LogP contribution in [0, 0.1) is 0 Å². The Morgan fingerprint density at radius 1 is 1.29 bits per heavy atom. The molecule has 0 radical (unpaired) electrons. The van der Waals surface area contributed by atoms with Crippen LogP contribution in [0.5, 0.6) is 0 Å². The van der Waals surface area contributed by atoms with Crippen molar-refractivity contribution in [3.8, 4) is 0 Å². The second-order valence-corrected chi connectivity index (χ2v) is 5.86. The summed E-state index contributed by atoms with van der Waals surface area (Å²) in [6.07, 6.45) is -6.17. The summed E-state index contributed by atoms with van der Waals surface area (Å²) in [5, 5.41) is 30.1. The highest BCUT2D eigenvalue weighted by molar-refractivity contribution is 9.09. The van der Waals surface area contributed by atoms with Crippen LogP contribution in [-0.4, -0.2) is 63.7 Å². The van der Waals surface area contributed by atoms with E-state index in [1.807, 2.05) is 0 Å². The lowest BCUT2D eigenvalue weighted by Gasteiger charge is -2.41. The highest BCUT2D eigenvalue weighted by atomic mass is 79.9. The van der Waals surface area contributed by atoms with E-state index in [1.54, 1.807) is 30.3 Å². The molecule has 6 nitrogen and oxygen atoms in total. The van der Waals surface area contributed by atoms with Crippen LogP contribution < -0.4 is 0 Å². The quantitative estimate of drug-likeness (QED) is 0.520. The molecule has 6 atom stereocenters. The highest BCUT2D eigenvalue weighted by Crippen LogP contribution is 2.29. The van der Waals surface area contributed by atoms with Crippen LogP contribution >= 0.6 is 15.9 Å². The molecule has 0 spiro atoms. The maximum atomic E-state index is 12.2. The Kier molecular flexibility index (Phi) is 5.48. The maximum Gasteiger partial charge on any atom is 0.194 e. The van der Waals surface area contributed by atoms with Crippen molar-refractivity contribution in [2.75, 3.05) is 7.11 Å². The van der Waals surface area contributed by atoms with E-state index in [9.17, 15) is 20.1 Å². The molecule has 1 aliphatic rings. The number of alkyl halides is 1. The van der Waals surface area contributed by atoms with Crippen molar-refractivity contribution < 1.29 is 29.6 Å². The molecule has 1 fully saturated rings. The Hall–Kier alpha value is -0.830. The molecule has 1 unspecified atom stereocenters. The second kappa shape index (κ2) is 6.95.